The lowest BCUT2D eigenvalue weighted by Crippen LogP contribution is -2.23. The van der Waals surface area contributed by atoms with E-state index in [1.54, 1.807) is 17.0 Å². The molecule has 2 aromatic carbocycles. The number of hydrogen-bond donors (Lipinski definition) is 1. The lowest BCUT2D eigenvalue weighted by Gasteiger charge is -2.16. The Morgan fingerprint density at radius 2 is 1.71 bits per heavy atom. The Morgan fingerprint density at radius 3 is 2.25 bits per heavy atom. The Labute approximate surface area is 142 Å². The van der Waals surface area contributed by atoms with Crippen LogP contribution in [0.1, 0.15) is 48.5 Å². The van der Waals surface area contributed by atoms with Gasteiger partial charge in [0.1, 0.15) is 0 Å². The maximum atomic E-state index is 12.3. The van der Waals surface area contributed by atoms with Crippen molar-refractivity contribution in [2.75, 3.05) is 16.8 Å². The molecule has 0 atom stereocenters. The van der Waals surface area contributed by atoms with E-state index in [9.17, 15) is 9.59 Å². The highest BCUT2D eigenvalue weighted by molar-refractivity contribution is 6.04. The monoisotopic (exact) mass is 322 g/mol. The van der Waals surface area contributed by atoms with E-state index in [4.69, 9.17) is 0 Å². The van der Waals surface area contributed by atoms with Gasteiger partial charge < -0.3 is 10.2 Å². The number of carbonyl (C=O) groups is 2. The zero-order valence-corrected chi connectivity index (χ0v) is 14.1. The molecule has 1 aliphatic rings. The van der Waals surface area contributed by atoms with Crippen molar-refractivity contribution >= 4 is 23.2 Å². The second-order valence-corrected chi connectivity index (χ2v) is 6.43. The van der Waals surface area contributed by atoms with Crippen molar-refractivity contribution < 1.29 is 9.59 Å². The SMILES string of the molecule is CC(C)c1ccc(NC(=O)c2ccc(N3CCCC3=O)cc2)cc1. The smallest absolute Gasteiger partial charge is 0.255 e. The summed E-state index contributed by atoms with van der Waals surface area (Å²) in [5, 5.41) is 2.90. The topological polar surface area (TPSA) is 49.4 Å². The van der Waals surface area contributed by atoms with Gasteiger partial charge in [-0.2, -0.15) is 0 Å². The molecule has 0 aromatic heterocycles. The van der Waals surface area contributed by atoms with Crippen LogP contribution in [0.3, 0.4) is 0 Å². The fourth-order valence-corrected chi connectivity index (χ4v) is 2.87. The number of nitrogens with zero attached hydrogens (tertiary/aromatic N) is 1. The number of hydrogen-bond acceptors (Lipinski definition) is 2. The molecule has 0 saturated carbocycles. The summed E-state index contributed by atoms with van der Waals surface area (Å²) >= 11 is 0. The summed E-state index contributed by atoms with van der Waals surface area (Å²) in [4.78, 5) is 25.9. The predicted molar refractivity (Wildman–Crippen MR) is 96.5 cm³/mol. The molecule has 1 fully saturated rings. The molecule has 24 heavy (non-hydrogen) atoms. The molecule has 3 rings (SSSR count). The van der Waals surface area contributed by atoms with E-state index in [0.717, 1.165) is 24.3 Å². The molecule has 0 bridgehead atoms. The van der Waals surface area contributed by atoms with Gasteiger partial charge >= 0.3 is 0 Å². The van der Waals surface area contributed by atoms with Gasteiger partial charge in [-0.25, -0.2) is 0 Å². The van der Waals surface area contributed by atoms with E-state index in [-0.39, 0.29) is 11.8 Å². The van der Waals surface area contributed by atoms with Gasteiger partial charge in [-0.1, -0.05) is 26.0 Å². The Bertz CT molecular complexity index is 733. The van der Waals surface area contributed by atoms with Crippen LogP contribution in [0.15, 0.2) is 48.5 Å². The van der Waals surface area contributed by atoms with Gasteiger partial charge in [-0.15, -0.1) is 0 Å². The van der Waals surface area contributed by atoms with Gasteiger partial charge in [0.05, 0.1) is 0 Å². The largest absolute Gasteiger partial charge is 0.322 e. The molecular weight excluding hydrogens is 300 g/mol. The van der Waals surface area contributed by atoms with Crippen molar-refractivity contribution in [3.8, 4) is 0 Å². The maximum Gasteiger partial charge on any atom is 0.255 e. The number of carbonyl (C=O) groups excluding carboxylic acids is 2. The third kappa shape index (κ3) is 3.48. The summed E-state index contributed by atoms with van der Waals surface area (Å²) in [5.41, 5.74) is 3.46. The molecule has 0 unspecified atom stereocenters. The molecule has 1 aliphatic heterocycles. The molecule has 0 aliphatic carbocycles. The first kappa shape index (κ1) is 16.2. The second kappa shape index (κ2) is 6.87. The molecule has 1 saturated heterocycles. The van der Waals surface area contributed by atoms with Crippen LogP contribution in [-0.4, -0.2) is 18.4 Å². The van der Waals surface area contributed by atoms with E-state index < -0.39 is 0 Å². The van der Waals surface area contributed by atoms with E-state index in [1.165, 1.54) is 5.56 Å². The minimum absolute atomic E-state index is 0.147. The van der Waals surface area contributed by atoms with Crippen LogP contribution in [0.5, 0.6) is 0 Å². The van der Waals surface area contributed by atoms with Crippen LogP contribution in [0.2, 0.25) is 0 Å². The highest BCUT2D eigenvalue weighted by atomic mass is 16.2. The van der Waals surface area contributed by atoms with Crippen molar-refractivity contribution in [3.63, 3.8) is 0 Å². The third-order valence-corrected chi connectivity index (χ3v) is 4.35. The molecular formula is C20H22N2O2. The summed E-state index contributed by atoms with van der Waals surface area (Å²) in [6.07, 6.45) is 1.50. The zero-order valence-electron chi connectivity index (χ0n) is 14.1. The van der Waals surface area contributed by atoms with Gasteiger partial charge in [0.15, 0.2) is 0 Å². The quantitative estimate of drug-likeness (QED) is 0.917. The van der Waals surface area contributed by atoms with E-state index in [1.807, 2.05) is 36.4 Å². The molecule has 0 radical (unpaired) electrons. The van der Waals surface area contributed by atoms with Crippen LogP contribution >= 0.6 is 0 Å². The normalized spacial score (nSPS) is 14.3. The van der Waals surface area contributed by atoms with Gasteiger partial charge in [-0.3, -0.25) is 9.59 Å². The van der Waals surface area contributed by atoms with Gasteiger partial charge in [0.25, 0.3) is 5.91 Å². The van der Waals surface area contributed by atoms with Crippen LogP contribution in [0.25, 0.3) is 0 Å². The van der Waals surface area contributed by atoms with Crippen molar-refractivity contribution in [2.24, 2.45) is 0 Å². The lowest BCUT2D eigenvalue weighted by atomic mass is 10.0. The summed E-state index contributed by atoms with van der Waals surface area (Å²) in [6.45, 7) is 5.03. The van der Waals surface area contributed by atoms with Crippen molar-refractivity contribution in [1.82, 2.24) is 0 Å². The fraction of sp³-hybridized carbons (Fsp3) is 0.300. The summed E-state index contributed by atoms with van der Waals surface area (Å²) in [5.74, 6) is 0.472. The predicted octanol–water partition coefficient (Wildman–Crippen LogP) is 4.19. The van der Waals surface area contributed by atoms with E-state index in [2.05, 4.69) is 19.2 Å². The highest BCUT2D eigenvalue weighted by Gasteiger charge is 2.21. The van der Waals surface area contributed by atoms with Crippen molar-refractivity contribution in [2.45, 2.75) is 32.6 Å². The first-order valence-corrected chi connectivity index (χ1v) is 8.36. The average Bonchev–Trinajstić information content (AvgIpc) is 3.01. The van der Waals surface area contributed by atoms with Crippen LogP contribution in [-0.2, 0) is 4.79 Å². The van der Waals surface area contributed by atoms with Crippen LogP contribution in [0, 0.1) is 0 Å². The van der Waals surface area contributed by atoms with Gasteiger partial charge in [0, 0.05) is 29.9 Å². The number of anilines is 2. The van der Waals surface area contributed by atoms with E-state index >= 15 is 0 Å². The Morgan fingerprint density at radius 1 is 1.04 bits per heavy atom. The fourth-order valence-electron chi connectivity index (χ4n) is 2.87. The lowest BCUT2D eigenvalue weighted by molar-refractivity contribution is -0.117. The van der Waals surface area contributed by atoms with Crippen molar-refractivity contribution in [3.05, 3.63) is 59.7 Å². The Hall–Kier alpha value is -2.62. The van der Waals surface area contributed by atoms with Crippen LogP contribution in [0.4, 0.5) is 11.4 Å². The summed E-state index contributed by atoms with van der Waals surface area (Å²) in [6, 6.07) is 15.1. The minimum atomic E-state index is -0.147. The molecule has 2 amide bonds. The average molecular weight is 322 g/mol. The molecule has 124 valence electrons. The second-order valence-electron chi connectivity index (χ2n) is 6.43. The van der Waals surface area contributed by atoms with Gasteiger partial charge in [-0.05, 0) is 54.3 Å². The zero-order chi connectivity index (χ0) is 17.1. The maximum absolute atomic E-state index is 12.3. The van der Waals surface area contributed by atoms with Gasteiger partial charge in [0.2, 0.25) is 5.91 Å². The molecule has 4 heteroatoms. The highest BCUT2D eigenvalue weighted by Crippen LogP contribution is 2.22. The first-order valence-electron chi connectivity index (χ1n) is 8.36. The standard InChI is InChI=1S/C20H22N2O2/c1-14(2)15-5-9-17(10-6-15)21-20(24)16-7-11-18(12-8-16)22-13-3-4-19(22)23/h5-12,14H,3-4,13H2,1-2H3,(H,21,24). The Kier molecular flexibility index (Phi) is 4.65. The summed E-state index contributed by atoms with van der Waals surface area (Å²) in [7, 11) is 0. The van der Waals surface area contributed by atoms with Crippen molar-refractivity contribution in [1.29, 1.82) is 0 Å². The minimum Gasteiger partial charge on any atom is -0.322 e. The number of benzene rings is 2. The molecule has 4 nitrogen and oxygen atoms in total. The third-order valence-electron chi connectivity index (χ3n) is 4.35. The number of nitrogens with one attached hydrogen (secondary N) is 1. The molecule has 1 N–H and O–H groups in total. The van der Waals surface area contributed by atoms with E-state index in [0.29, 0.717) is 17.9 Å². The Balaban J connectivity index is 1.67. The summed E-state index contributed by atoms with van der Waals surface area (Å²) < 4.78 is 0. The first-order chi connectivity index (χ1) is 11.5. The molecule has 0 spiro atoms. The van der Waals surface area contributed by atoms with Crippen LogP contribution < -0.4 is 10.2 Å². The number of amides is 2. The molecule has 2 aromatic rings. The number of rotatable bonds is 4. The molecule has 1 heterocycles.